The lowest BCUT2D eigenvalue weighted by Crippen LogP contribution is -2.40. The van der Waals surface area contributed by atoms with Crippen molar-refractivity contribution in [3.63, 3.8) is 0 Å². The van der Waals surface area contributed by atoms with Crippen LogP contribution in [0.15, 0.2) is 0 Å². The Bertz CT molecular complexity index is 59.1. The SMILES string of the molecule is CN(C)B(I)N(C)C. The maximum atomic E-state index is 2.37. The lowest BCUT2D eigenvalue weighted by atomic mass is 10.1. The molecule has 0 amide bonds. The Kier molecular flexibility index (Phi) is 4.02. The Morgan fingerprint density at radius 1 is 1.00 bits per heavy atom. The minimum Gasteiger partial charge on any atom is -0.325 e. The Balaban J connectivity index is 3.46. The normalized spacial score (nSPS) is 10.9. The topological polar surface area (TPSA) is 6.48 Å². The van der Waals surface area contributed by atoms with Crippen LogP contribution in [0.2, 0.25) is 0 Å². The van der Waals surface area contributed by atoms with Crippen LogP contribution in [-0.2, 0) is 0 Å². The van der Waals surface area contributed by atoms with Crippen molar-refractivity contribution in [2.45, 2.75) is 0 Å². The first-order chi connectivity index (χ1) is 3.55. The standard InChI is InChI=1S/C4H12BIN2/c1-7(2)5(6)8(3)4/h1-4H3. The molecule has 0 saturated heterocycles. The summed E-state index contributed by atoms with van der Waals surface area (Å²) in [6.45, 7) is 0. The highest BCUT2D eigenvalue weighted by Gasteiger charge is 2.14. The van der Waals surface area contributed by atoms with Crippen molar-refractivity contribution < 1.29 is 0 Å². The summed E-state index contributed by atoms with van der Waals surface area (Å²) in [5.74, 6) is 0. The van der Waals surface area contributed by atoms with E-state index in [0.717, 1.165) is 0 Å². The fraction of sp³-hybridized carbons (Fsp3) is 1.00. The molecule has 0 aliphatic carbocycles. The summed E-state index contributed by atoms with van der Waals surface area (Å²) in [5.41, 5.74) is 0. The van der Waals surface area contributed by atoms with Crippen molar-refractivity contribution in [2.24, 2.45) is 0 Å². The van der Waals surface area contributed by atoms with Gasteiger partial charge in [-0.15, -0.1) is 22.4 Å². The maximum absolute atomic E-state index is 2.37. The van der Waals surface area contributed by atoms with Crippen LogP contribution >= 0.6 is 22.4 Å². The van der Waals surface area contributed by atoms with Crippen LogP contribution in [-0.4, -0.2) is 42.7 Å². The molecule has 0 aromatic rings. The van der Waals surface area contributed by atoms with Crippen molar-refractivity contribution >= 4 is 27.2 Å². The number of hydrogen-bond donors (Lipinski definition) is 0. The van der Waals surface area contributed by atoms with E-state index in [1.54, 1.807) is 0 Å². The van der Waals surface area contributed by atoms with E-state index in [0.29, 0.717) is 4.84 Å². The van der Waals surface area contributed by atoms with Crippen LogP contribution in [0.3, 0.4) is 0 Å². The van der Waals surface area contributed by atoms with E-state index >= 15 is 0 Å². The Hall–Kier alpha value is 0.715. The zero-order valence-corrected chi connectivity index (χ0v) is 8.01. The van der Waals surface area contributed by atoms with Crippen LogP contribution < -0.4 is 0 Å². The summed E-state index contributed by atoms with van der Waals surface area (Å²) < 4.78 is 0. The number of nitrogens with zero attached hydrogens (tertiary/aromatic N) is 2. The second kappa shape index (κ2) is 3.69. The lowest BCUT2D eigenvalue weighted by molar-refractivity contribution is 0.545. The van der Waals surface area contributed by atoms with Crippen LogP contribution in [0, 0.1) is 0 Å². The van der Waals surface area contributed by atoms with E-state index in [9.17, 15) is 0 Å². The molecule has 0 atom stereocenters. The molecule has 0 aliphatic rings. The van der Waals surface area contributed by atoms with Gasteiger partial charge in [0.15, 0.2) is 0 Å². The first kappa shape index (κ1) is 8.71. The van der Waals surface area contributed by atoms with Gasteiger partial charge in [0.25, 0.3) is 0 Å². The van der Waals surface area contributed by atoms with Gasteiger partial charge in [-0.25, -0.2) is 0 Å². The third-order valence-corrected chi connectivity index (χ3v) is 3.08. The van der Waals surface area contributed by atoms with Crippen molar-refractivity contribution in [3.8, 4) is 0 Å². The Morgan fingerprint density at radius 2 is 1.25 bits per heavy atom. The highest BCUT2D eigenvalue weighted by Crippen LogP contribution is 1.98. The zero-order valence-electron chi connectivity index (χ0n) is 5.85. The molecule has 0 N–H and O–H groups in total. The van der Waals surface area contributed by atoms with Crippen molar-refractivity contribution in [1.29, 1.82) is 0 Å². The summed E-state index contributed by atoms with van der Waals surface area (Å²) in [7, 11) is 8.27. The van der Waals surface area contributed by atoms with Gasteiger partial charge in [-0.05, 0) is 28.2 Å². The smallest absolute Gasteiger partial charge is 0.325 e. The molecule has 0 unspecified atom stereocenters. The second-order valence-electron chi connectivity index (χ2n) is 2.24. The monoisotopic (exact) mass is 226 g/mol. The van der Waals surface area contributed by atoms with Crippen molar-refractivity contribution in [3.05, 3.63) is 0 Å². The third-order valence-electron chi connectivity index (χ3n) is 0.852. The first-order valence-electron chi connectivity index (χ1n) is 2.52. The first-order valence-corrected chi connectivity index (χ1v) is 3.77. The van der Waals surface area contributed by atoms with Crippen LogP contribution in [0.5, 0.6) is 0 Å². The second-order valence-corrected chi connectivity index (χ2v) is 3.35. The molecule has 0 aromatic heterocycles. The average molecular weight is 226 g/mol. The number of hydrogen-bond acceptors (Lipinski definition) is 2. The lowest BCUT2D eigenvalue weighted by Gasteiger charge is -2.20. The van der Waals surface area contributed by atoms with Gasteiger partial charge >= 0.3 is 4.84 Å². The van der Waals surface area contributed by atoms with Gasteiger partial charge in [0.2, 0.25) is 0 Å². The van der Waals surface area contributed by atoms with Gasteiger partial charge in [-0.1, -0.05) is 0 Å². The van der Waals surface area contributed by atoms with E-state index in [2.05, 4.69) is 60.2 Å². The zero-order chi connectivity index (χ0) is 6.73. The average Bonchev–Trinajstić information content (AvgIpc) is 1.64. The molecule has 48 valence electrons. The molecule has 0 rings (SSSR count). The van der Waals surface area contributed by atoms with Crippen LogP contribution in [0.4, 0.5) is 0 Å². The largest absolute Gasteiger partial charge is 0.384 e. The predicted molar refractivity (Wildman–Crippen MR) is 47.1 cm³/mol. The molecule has 8 heavy (non-hydrogen) atoms. The van der Waals surface area contributed by atoms with Crippen molar-refractivity contribution in [2.75, 3.05) is 28.2 Å². The summed E-state index contributed by atoms with van der Waals surface area (Å²) in [4.78, 5) is 4.81. The van der Waals surface area contributed by atoms with Gasteiger partial charge in [-0.3, -0.25) is 0 Å². The highest BCUT2D eigenvalue weighted by atomic mass is 127. The van der Waals surface area contributed by atoms with E-state index < -0.39 is 0 Å². The summed E-state index contributed by atoms with van der Waals surface area (Å²) >= 11 is 2.37. The van der Waals surface area contributed by atoms with E-state index in [4.69, 9.17) is 0 Å². The number of halogens is 1. The van der Waals surface area contributed by atoms with Gasteiger partial charge in [0.1, 0.15) is 0 Å². The molecule has 0 aromatic carbocycles. The van der Waals surface area contributed by atoms with E-state index in [1.165, 1.54) is 0 Å². The minimum atomic E-state index is 0.507. The van der Waals surface area contributed by atoms with Gasteiger partial charge in [0.05, 0.1) is 0 Å². The molecule has 4 heteroatoms. The molecule has 0 bridgehead atoms. The van der Waals surface area contributed by atoms with Crippen molar-refractivity contribution in [1.82, 2.24) is 9.62 Å². The summed E-state index contributed by atoms with van der Waals surface area (Å²) in [6, 6.07) is 0. The maximum Gasteiger partial charge on any atom is 0.384 e. The van der Waals surface area contributed by atoms with Crippen LogP contribution in [0.25, 0.3) is 0 Å². The Morgan fingerprint density at radius 3 is 1.25 bits per heavy atom. The van der Waals surface area contributed by atoms with Gasteiger partial charge in [-0.2, -0.15) is 0 Å². The van der Waals surface area contributed by atoms with Gasteiger partial charge in [0, 0.05) is 0 Å². The Labute approximate surface area is 65.2 Å². The molecule has 0 heterocycles. The summed E-state index contributed by atoms with van der Waals surface area (Å²) in [5, 5.41) is 0. The molecule has 0 spiro atoms. The summed E-state index contributed by atoms with van der Waals surface area (Å²) in [6.07, 6.45) is 0. The quantitative estimate of drug-likeness (QED) is 0.500. The van der Waals surface area contributed by atoms with Gasteiger partial charge < -0.3 is 9.62 Å². The molecular weight excluding hydrogens is 214 g/mol. The third kappa shape index (κ3) is 2.89. The molecule has 0 radical (unpaired) electrons. The van der Waals surface area contributed by atoms with Crippen LogP contribution in [0.1, 0.15) is 0 Å². The fourth-order valence-electron chi connectivity index (χ4n) is 0.462. The molecule has 0 saturated carbocycles. The molecule has 2 nitrogen and oxygen atoms in total. The van der Waals surface area contributed by atoms with E-state index in [1.807, 2.05) is 0 Å². The fourth-order valence-corrected chi connectivity index (χ4v) is 0.462. The van der Waals surface area contributed by atoms with E-state index in [-0.39, 0.29) is 0 Å². The predicted octanol–water partition coefficient (Wildman–Crippen LogP) is 0.529. The molecule has 0 fully saturated rings. The molecule has 0 aliphatic heterocycles. The number of rotatable bonds is 2. The highest BCUT2D eigenvalue weighted by molar-refractivity contribution is 14.1. The molecular formula is C4H12BIN2. The minimum absolute atomic E-state index is 0.507.